The van der Waals surface area contributed by atoms with E-state index in [1.165, 1.54) is 6.07 Å². The lowest BCUT2D eigenvalue weighted by Crippen LogP contribution is -2.40. The Morgan fingerprint density at radius 3 is 2.47 bits per heavy atom. The molecule has 2 aromatic carbocycles. The summed E-state index contributed by atoms with van der Waals surface area (Å²) in [7, 11) is -4.41. The molecule has 1 saturated heterocycles. The fourth-order valence-electron chi connectivity index (χ4n) is 5.12. The molecule has 2 aliphatic carbocycles. The molecule has 5 rings (SSSR count). The van der Waals surface area contributed by atoms with Crippen molar-refractivity contribution in [2.24, 2.45) is 0 Å². The van der Waals surface area contributed by atoms with E-state index < -0.39 is 32.0 Å². The molecule has 1 amide bonds. The van der Waals surface area contributed by atoms with E-state index in [9.17, 15) is 26.8 Å². The molecule has 10 heteroatoms. The van der Waals surface area contributed by atoms with Gasteiger partial charge in [-0.15, -0.1) is 0 Å². The topological polar surface area (TPSA) is 102 Å². The maximum Gasteiger partial charge on any atom is 0.264 e. The van der Waals surface area contributed by atoms with Crippen LogP contribution in [-0.2, 0) is 31.4 Å². The fourth-order valence-corrected chi connectivity index (χ4v) is 6.22. The monoisotopic (exact) mass is 490 g/mol. The van der Waals surface area contributed by atoms with E-state index in [0.717, 1.165) is 18.6 Å². The minimum absolute atomic E-state index is 0.0263. The van der Waals surface area contributed by atoms with Crippen molar-refractivity contribution in [1.82, 2.24) is 5.32 Å². The zero-order chi connectivity index (χ0) is 24.1. The number of anilines is 1. The minimum atomic E-state index is -4.41. The number of ketones is 1. The van der Waals surface area contributed by atoms with Crippen molar-refractivity contribution in [2.75, 3.05) is 17.9 Å². The molecule has 1 saturated carbocycles. The number of Topliss-reactive ketones (excluding diaryl/α,β-unsaturated/α-hetero) is 1. The van der Waals surface area contributed by atoms with Crippen LogP contribution in [0.15, 0.2) is 35.2 Å². The Balaban J connectivity index is 1.54. The van der Waals surface area contributed by atoms with Crippen molar-refractivity contribution in [2.45, 2.75) is 54.9 Å². The zero-order valence-corrected chi connectivity index (χ0v) is 19.1. The Morgan fingerprint density at radius 2 is 1.82 bits per heavy atom. The van der Waals surface area contributed by atoms with E-state index in [-0.39, 0.29) is 35.4 Å². The summed E-state index contributed by atoms with van der Waals surface area (Å²) in [5.74, 6) is -2.48. The number of fused-ring (bicyclic) bond motifs is 2. The summed E-state index contributed by atoms with van der Waals surface area (Å²) in [6, 6.07) is 5.07. The van der Waals surface area contributed by atoms with Crippen LogP contribution in [0, 0.1) is 11.6 Å². The second kappa shape index (κ2) is 8.42. The Bertz CT molecular complexity index is 1280. The molecule has 7 nitrogen and oxygen atoms in total. The Kier molecular flexibility index (Phi) is 5.68. The van der Waals surface area contributed by atoms with Gasteiger partial charge in [-0.2, -0.15) is 0 Å². The Morgan fingerprint density at radius 1 is 1.09 bits per heavy atom. The van der Waals surface area contributed by atoms with Crippen LogP contribution in [0.2, 0.25) is 0 Å². The molecule has 3 aliphatic rings. The average Bonchev–Trinajstić information content (AvgIpc) is 3.05. The lowest BCUT2D eigenvalue weighted by atomic mass is 9.64. The highest BCUT2D eigenvalue weighted by molar-refractivity contribution is 7.92. The molecule has 180 valence electrons. The molecule has 1 aliphatic heterocycles. The van der Waals surface area contributed by atoms with Crippen molar-refractivity contribution in [3.8, 4) is 0 Å². The first-order chi connectivity index (χ1) is 16.2. The van der Waals surface area contributed by atoms with Gasteiger partial charge < -0.3 is 10.1 Å². The number of carbonyl (C=O) groups is 2. The van der Waals surface area contributed by atoms with Crippen LogP contribution in [0.4, 0.5) is 14.5 Å². The van der Waals surface area contributed by atoms with Gasteiger partial charge in [-0.05, 0) is 61.1 Å². The Labute approximate surface area is 195 Å². The van der Waals surface area contributed by atoms with Gasteiger partial charge in [0.2, 0.25) is 0 Å². The van der Waals surface area contributed by atoms with Gasteiger partial charge in [-0.25, -0.2) is 17.2 Å². The van der Waals surface area contributed by atoms with Gasteiger partial charge >= 0.3 is 0 Å². The highest BCUT2D eigenvalue weighted by Gasteiger charge is 2.51. The van der Waals surface area contributed by atoms with Gasteiger partial charge in [-0.3, -0.25) is 14.3 Å². The molecule has 34 heavy (non-hydrogen) atoms. The van der Waals surface area contributed by atoms with Gasteiger partial charge in [0.1, 0.15) is 22.3 Å². The molecule has 2 N–H and O–H groups in total. The first-order valence-corrected chi connectivity index (χ1v) is 12.8. The third-order valence-electron chi connectivity index (χ3n) is 7.08. The molecule has 2 aromatic rings. The molecule has 1 heterocycles. The number of rotatable bonds is 5. The number of benzene rings is 2. The largest absolute Gasteiger partial charge is 0.381 e. The fraction of sp³-hybridized carbons (Fsp3) is 0.417. The summed E-state index contributed by atoms with van der Waals surface area (Å²) in [4.78, 5) is 25.4. The summed E-state index contributed by atoms with van der Waals surface area (Å²) in [5, 5.41) is 2.97. The lowest BCUT2D eigenvalue weighted by Gasteiger charge is -2.37. The number of ether oxygens (including phenoxy) is 1. The van der Waals surface area contributed by atoms with E-state index in [2.05, 4.69) is 10.0 Å². The van der Waals surface area contributed by atoms with Crippen LogP contribution < -0.4 is 10.0 Å². The zero-order valence-electron chi connectivity index (χ0n) is 18.3. The molecule has 0 bridgehead atoms. The number of hydrogen-bond donors (Lipinski definition) is 2. The normalized spacial score (nSPS) is 19.5. The number of halogens is 2. The molecule has 0 aromatic heterocycles. The third kappa shape index (κ3) is 3.88. The average molecular weight is 491 g/mol. The summed E-state index contributed by atoms with van der Waals surface area (Å²) in [6.07, 6.45) is 3.59. The van der Waals surface area contributed by atoms with Crippen LogP contribution >= 0.6 is 0 Å². The first kappa shape index (κ1) is 22.9. The van der Waals surface area contributed by atoms with Crippen molar-refractivity contribution in [3.63, 3.8) is 0 Å². The van der Waals surface area contributed by atoms with E-state index >= 15 is 0 Å². The van der Waals surface area contributed by atoms with Crippen LogP contribution in [0.5, 0.6) is 0 Å². The van der Waals surface area contributed by atoms with Crippen LogP contribution in [0.25, 0.3) is 0 Å². The van der Waals surface area contributed by atoms with Crippen molar-refractivity contribution < 1.29 is 31.5 Å². The van der Waals surface area contributed by atoms with Crippen LogP contribution in [0.3, 0.4) is 0 Å². The maximum absolute atomic E-state index is 14.2. The molecule has 1 spiro atoms. The number of carbonyl (C=O) groups excluding carboxylic acids is 2. The number of sulfonamides is 1. The quantitative estimate of drug-likeness (QED) is 0.670. The molecular formula is C24H24F2N2O5S. The molecular weight excluding hydrogens is 466 g/mol. The highest BCUT2D eigenvalue weighted by Crippen LogP contribution is 2.52. The summed E-state index contributed by atoms with van der Waals surface area (Å²) in [5.41, 5.74) is 0.857. The highest BCUT2D eigenvalue weighted by atomic mass is 32.2. The minimum Gasteiger partial charge on any atom is -0.381 e. The molecule has 0 radical (unpaired) electrons. The van der Waals surface area contributed by atoms with Crippen LogP contribution in [0.1, 0.15) is 53.6 Å². The van der Waals surface area contributed by atoms with Crippen LogP contribution in [-0.4, -0.2) is 39.4 Å². The maximum atomic E-state index is 14.2. The van der Waals surface area contributed by atoms with E-state index in [1.807, 2.05) is 0 Å². The third-order valence-corrected chi connectivity index (χ3v) is 8.50. The summed E-state index contributed by atoms with van der Waals surface area (Å²) >= 11 is 0. The number of hydrogen-bond acceptors (Lipinski definition) is 5. The predicted octanol–water partition coefficient (Wildman–Crippen LogP) is 3.22. The first-order valence-electron chi connectivity index (χ1n) is 11.3. The number of nitrogens with one attached hydrogen (secondary N) is 2. The smallest absolute Gasteiger partial charge is 0.264 e. The molecule has 0 unspecified atom stereocenters. The van der Waals surface area contributed by atoms with Crippen molar-refractivity contribution in [3.05, 3.63) is 58.7 Å². The SMILES string of the molecule is O=C(NC1CCOCC1)c1cc(NS(=O)(=O)c2ccc(F)cc2F)cc2c1CC(=O)C21CCC1. The predicted molar refractivity (Wildman–Crippen MR) is 119 cm³/mol. The summed E-state index contributed by atoms with van der Waals surface area (Å²) < 4.78 is 60.9. The molecule has 2 fully saturated rings. The Hall–Kier alpha value is -2.85. The van der Waals surface area contributed by atoms with Gasteiger partial charge in [0, 0.05) is 43.0 Å². The number of amides is 1. The van der Waals surface area contributed by atoms with Gasteiger partial charge in [0.15, 0.2) is 0 Å². The standard InChI is InChI=1S/C24H24F2N2O5S/c25-14-2-3-21(20(26)10-14)34(31,32)28-16-11-18(23(30)27-15-4-8-33-9-5-15)17-13-22(29)24(6-1-7-24)19(17)12-16/h2-3,10-12,15,28H,1,4-9,13H2,(H,27,30). The molecule has 0 atom stereocenters. The van der Waals surface area contributed by atoms with Gasteiger partial charge in [0.05, 0.1) is 5.41 Å². The van der Waals surface area contributed by atoms with E-state index in [1.54, 1.807) is 6.07 Å². The second-order valence-corrected chi connectivity index (χ2v) is 10.8. The second-order valence-electron chi connectivity index (χ2n) is 9.13. The van der Waals surface area contributed by atoms with E-state index in [0.29, 0.717) is 56.1 Å². The van der Waals surface area contributed by atoms with Crippen molar-refractivity contribution >= 4 is 27.4 Å². The van der Waals surface area contributed by atoms with Crippen molar-refractivity contribution in [1.29, 1.82) is 0 Å². The van der Waals surface area contributed by atoms with E-state index in [4.69, 9.17) is 4.74 Å². The lowest BCUT2D eigenvalue weighted by molar-refractivity contribution is -0.125. The van der Waals surface area contributed by atoms with Gasteiger partial charge in [-0.1, -0.05) is 6.42 Å². The van der Waals surface area contributed by atoms with Gasteiger partial charge in [0.25, 0.3) is 15.9 Å². The summed E-state index contributed by atoms with van der Waals surface area (Å²) in [6.45, 7) is 1.07.